The second-order valence-electron chi connectivity index (χ2n) is 4.07. The van der Waals surface area contributed by atoms with E-state index in [9.17, 15) is 4.79 Å². The molecule has 0 aliphatic heterocycles. The van der Waals surface area contributed by atoms with Gasteiger partial charge in [-0.25, -0.2) is 4.98 Å². The van der Waals surface area contributed by atoms with E-state index >= 15 is 0 Å². The van der Waals surface area contributed by atoms with Crippen LogP contribution in [0.15, 0.2) is 10.9 Å². The van der Waals surface area contributed by atoms with Gasteiger partial charge in [-0.05, 0) is 11.8 Å². The first-order valence-electron chi connectivity index (χ1n) is 4.71. The third kappa shape index (κ3) is 3.10. The molecule has 0 fully saturated rings. The van der Waals surface area contributed by atoms with Crippen LogP contribution < -0.4 is 5.32 Å². The van der Waals surface area contributed by atoms with Crippen LogP contribution in [0.2, 0.25) is 0 Å². The number of rotatable bonds is 4. The van der Waals surface area contributed by atoms with E-state index in [-0.39, 0.29) is 11.3 Å². The van der Waals surface area contributed by atoms with E-state index in [0.29, 0.717) is 12.2 Å². The summed E-state index contributed by atoms with van der Waals surface area (Å²) in [5, 5.41) is 4.64. The summed E-state index contributed by atoms with van der Waals surface area (Å²) in [7, 11) is 0. The van der Waals surface area contributed by atoms with E-state index in [1.54, 1.807) is 10.9 Å². The van der Waals surface area contributed by atoms with Crippen molar-refractivity contribution in [3.05, 3.63) is 16.6 Å². The zero-order chi connectivity index (χ0) is 10.6. The SMILES string of the molecule is CCC(C)(C)CNC(=O)c1cscn1. The second kappa shape index (κ2) is 4.55. The molecule has 0 atom stereocenters. The highest BCUT2D eigenvalue weighted by Crippen LogP contribution is 2.17. The van der Waals surface area contributed by atoms with Crippen LogP contribution in [-0.2, 0) is 0 Å². The third-order valence-corrected chi connectivity index (χ3v) is 2.94. The first-order chi connectivity index (χ1) is 6.55. The van der Waals surface area contributed by atoms with Gasteiger partial charge in [0.1, 0.15) is 5.69 Å². The summed E-state index contributed by atoms with van der Waals surface area (Å²) in [5.41, 5.74) is 2.34. The molecular formula is C10H16N2OS. The van der Waals surface area contributed by atoms with Gasteiger partial charge in [0.25, 0.3) is 5.91 Å². The number of amides is 1. The summed E-state index contributed by atoms with van der Waals surface area (Å²) in [4.78, 5) is 15.5. The molecule has 0 unspecified atom stereocenters. The Balaban J connectivity index is 2.43. The van der Waals surface area contributed by atoms with Crippen molar-refractivity contribution in [2.45, 2.75) is 27.2 Å². The number of nitrogens with zero attached hydrogens (tertiary/aromatic N) is 1. The molecule has 0 bridgehead atoms. The Labute approximate surface area is 88.6 Å². The van der Waals surface area contributed by atoms with Crippen LogP contribution in [0.5, 0.6) is 0 Å². The van der Waals surface area contributed by atoms with Gasteiger partial charge in [-0.2, -0.15) is 0 Å². The van der Waals surface area contributed by atoms with Crippen molar-refractivity contribution >= 4 is 17.2 Å². The summed E-state index contributed by atoms with van der Waals surface area (Å²) in [6.07, 6.45) is 1.05. The van der Waals surface area contributed by atoms with E-state index < -0.39 is 0 Å². The summed E-state index contributed by atoms with van der Waals surface area (Å²) in [6, 6.07) is 0. The second-order valence-corrected chi connectivity index (χ2v) is 4.79. The van der Waals surface area contributed by atoms with Crippen molar-refractivity contribution < 1.29 is 4.79 Å². The first kappa shape index (κ1) is 11.2. The van der Waals surface area contributed by atoms with Crippen LogP contribution in [0.4, 0.5) is 0 Å². The number of thiazole rings is 1. The highest BCUT2D eigenvalue weighted by molar-refractivity contribution is 7.07. The minimum absolute atomic E-state index is 0.0761. The Morgan fingerprint density at radius 2 is 2.36 bits per heavy atom. The van der Waals surface area contributed by atoms with Crippen LogP contribution in [0, 0.1) is 5.41 Å². The molecule has 0 aromatic carbocycles. The maximum atomic E-state index is 11.5. The number of nitrogens with one attached hydrogen (secondary N) is 1. The van der Waals surface area contributed by atoms with Crippen molar-refractivity contribution in [3.63, 3.8) is 0 Å². The molecule has 0 saturated heterocycles. The number of aromatic nitrogens is 1. The lowest BCUT2D eigenvalue weighted by Gasteiger charge is -2.22. The molecule has 1 N–H and O–H groups in total. The van der Waals surface area contributed by atoms with Crippen LogP contribution in [0.1, 0.15) is 37.7 Å². The van der Waals surface area contributed by atoms with Gasteiger partial charge in [-0.15, -0.1) is 11.3 Å². The highest BCUT2D eigenvalue weighted by Gasteiger charge is 2.17. The van der Waals surface area contributed by atoms with E-state index in [0.717, 1.165) is 6.42 Å². The van der Waals surface area contributed by atoms with E-state index in [1.165, 1.54) is 11.3 Å². The molecule has 0 spiro atoms. The summed E-state index contributed by atoms with van der Waals surface area (Å²) < 4.78 is 0. The number of hydrogen-bond acceptors (Lipinski definition) is 3. The fraction of sp³-hybridized carbons (Fsp3) is 0.600. The maximum absolute atomic E-state index is 11.5. The van der Waals surface area contributed by atoms with Gasteiger partial charge < -0.3 is 5.32 Å². The monoisotopic (exact) mass is 212 g/mol. The molecule has 4 heteroatoms. The molecule has 1 rings (SSSR count). The van der Waals surface area contributed by atoms with Gasteiger partial charge in [-0.3, -0.25) is 4.79 Å². The average Bonchev–Trinajstić information content (AvgIpc) is 2.67. The van der Waals surface area contributed by atoms with Crippen LogP contribution in [0.25, 0.3) is 0 Å². The van der Waals surface area contributed by atoms with E-state index in [2.05, 4.69) is 31.1 Å². The lowest BCUT2D eigenvalue weighted by Crippen LogP contribution is -2.33. The standard InChI is InChI=1S/C10H16N2OS/c1-4-10(2,3)6-11-9(13)8-5-14-7-12-8/h5,7H,4,6H2,1-3H3,(H,11,13). The molecule has 0 radical (unpaired) electrons. The zero-order valence-electron chi connectivity index (χ0n) is 8.83. The quantitative estimate of drug-likeness (QED) is 0.832. The van der Waals surface area contributed by atoms with E-state index in [4.69, 9.17) is 0 Å². The van der Waals surface area contributed by atoms with Gasteiger partial charge in [0.15, 0.2) is 0 Å². The van der Waals surface area contributed by atoms with Crippen molar-refractivity contribution in [2.24, 2.45) is 5.41 Å². The predicted molar refractivity (Wildman–Crippen MR) is 58.5 cm³/mol. The van der Waals surface area contributed by atoms with Crippen LogP contribution in [-0.4, -0.2) is 17.4 Å². The van der Waals surface area contributed by atoms with Gasteiger partial charge in [0, 0.05) is 11.9 Å². The average molecular weight is 212 g/mol. The maximum Gasteiger partial charge on any atom is 0.270 e. The first-order valence-corrected chi connectivity index (χ1v) is 5.66. The largest absolute Gasteiger partial charge is 0.350 e. The van der Waals surface area contributed by atoms with Gasteiger partial charge in [0.05, 0.1) is 5.51 Å². The summed E-state index contributed by atoms with van der Waals surface area (Å²) in [6.45, 7) is 7.08. The Morgan fingerprint density at radius 3 is 2.86 bits per heavy atom. The molecule has 78 valence electrons. The third-order valence-electron chi connectivity index (χ3n) is 2.35. The zero-order valence-corrected chi connectivity index (χ0v) is 9.65. The number of hydrogen-bond donors (Lipinski definition) is 1. The molecule has 1 amide bonds. The predicted octanol–water partition coefficient (Wildman–Crippen LogP) is 2.31. The van der Waals surface area contributed by atoms with Crippen LogP contribution in [0.3, 0.4) is 0 Å². The smallest absolute Gasteiger partial charge is 0.270 e. The fourth-order valence-electron chi connectivity index (χ4n) is 0.860. The van der Waals surface area contributed by atoms with Crippen LogP contribution >= 0.6 is 11.3 Å². The lowest BCUT2D eigenvalue weighted by molar-refractivity contribution is 0.0931. The highest BCUT2D eigenvalue weighted by atomic mass is 32.1. The fourth-order valence-corrected chi connectivity index (χ4v) is 1.39. The molecule has 1 aromatic rings. The summed E-state index contributed by atoms with van der Waals surface area (Å²) >= 11 is 1.44. The van der Waals surface area contributed by atoms with Crippen molar-refractivity contribution in [1.29, 1.82) is 0 Å². The van der Waals surface area contributed by atoms with Gasteiger partial charge in [-0.1, -0.05) is 20.8 Å². The normalized spacial score (nSPS) is 11.4. The van der Waals surface area contributed by atoms with Gasteiger partial charge in [0.2, 0.25) is 0 Å². The molecular weight excluding hydrogens is 196 g/mol. The Hall–Kier alpha value is -0.900. The molecule has 1 heterocycles. The Kier molecular flexibility index (Phi) is 3.63. The topological polar surface area (TPSA) is 42.0 Å². The molecule has 0 aliphatic carbocycles. The summed E-state index contributed by atoms with van der Waals surface area (Å²) in [5.74, 6) is -0.0761. The van der Waals surface area contributed by atoms with Crippen molar-refractivity contribution in [2.75, 3.05) is 6.54 Å². The minimum Gasteiger partial charge on any atom is -0.350 e. The Morgan fingerprint density at radius 1 is 1.64 bits per heavy atom. The van der Waals surface area contributed by atoms with Crippen molar-refractivity contribution in [1.82, 2.24) is 10.3 Å². The van der Waals surface area contributed by atoms with E-state index in [1.807, 2.05) is 0 Å². The molecule has 0 saturated carbocycles. The van der Waals surface area contributed by atoms with Crippen molar-refractivity contribution in [3.8, 4) is 0 Å². The molecule has 0 aliphatic rings. The Bertz CT molecular complexity index is 293. The minimum atomic E-state index is -0.0761. The van der Waals surface area contributed by atoms with Gasteiger partial charge >= 0.3 is 0 Å². The number of carbonyl (C=O) groups excluding carboxylic acids is 1. The molecule has 14 heavy (non-hydrogen) atoms. The molecule has 1 aromatic heterocycles. The molecule has 3 nitrogen and oxygen atoms in total. The lowest BCUT2D eigenvalue weighted by atomic mass is 9.90. The number of carbonyl (C=O) groups is 1.